The third-order valence-electron chi connectivity index (χ3n) is 4.55. The van der Waals surface area contributed by atoms with Gasteiger partial charge in [0.2, 0.25) is 0 Å². The summed E-state index contributed by atoms with van der Waals surface area (Å²) in [5.41, 5.74) is 9.84. The SMILES string of the molecule is C[C@@H](COCc1cccc(Cl)c1)Cn1cnc2c(N)nc3ccccc3c21. The van der Waals surface area contributed by atoms with E-state index in [1.54, 1.807) is 0 Å². The minimum absolute atomic E-state index is 0.315. The lowest BCUT2D eigenvalue weighted by molar-refractivity contribution is 0.0872. The van der Waals surface area contributed by atoms with Crippen LogP contribution in [-0.2, 0) is 17.9 Å². The van der Waals surface area contributed by atoms with Crippen molar-refractivity contribution in [1.82, 2.24) is 14.5 Å². The van der Waals surface area contributed by atoms with E-state index in [4.69, 9.17) is 22.1 Å². The number of rotatable bonds is 6. The standard InChI is InChI=1S/C21H21ClN4O/c1-14(11-27-12-15-5-4-6-16(22)9-15)10-26-13-24-19-20(26)17-7-2-3-8-18(17)25-21(19)23/h2-9,13-14H,10-12H2,1H3,(H2,23,25)/t14-/m1/s1. The second-order valence-electron chi connectivity index (χ2n) is 6.86. The van der Waals surface area contributed by atoms with Crippen molar-refractivity contribution in [2.75, 3.05) is 12.3 Å². The Morgan fingerprint density at radius 2 is 2.04 bits per heavy atom. The zero-order valence-corrected chi connectivity index (χ0v) is 15.9. The van der Waals surface area contributed by atoms with Gasteiger partial charge in [-0.3, -0.25) is 0 Å². The first kappa shape index (κ1) is 17.8. The molecule has 0 saturated heterocycles. The van der Waals surface area contributed by atoms with Crippen molar-refractivity contribution in [3.05, 3.63) is 65.4 Å². The molecule has 2 aromatic carbocycles. The molecule has 2 heterocycles. The van der Waals surface area contributed by atoms with Crippen LogP contribution in [-0.4, -0.2) is 21.1 Å². The Kier molecular flexibility index (Phi) is 4.97. The van der Waals surface area contributed by atoms with Crippen LogP contribution < -0.4 is 5.73 Å². The molecule has 0 radical (unpaired) electrons. The molecule has 0 saturated carbocycles. The van der Waals surface area contributed by atoms with Crippen LogP contribution in [0.2, 0.25) is 5.02 Å². The maximum Gasteiger partial charge on any atom is 0.152 e. The van der Waals surface area contributed by atoms with Crippen molar-refractivity contribution >= 4 is 39.4 Å². The number of hydrogen-bond acceptors (Lipinski definition) is 4. The minimum atomic E-state index is 0.315. The maximum absolute atomic E-state index is 6.10. The number of hydrogen-bond donors (Lipinski definition) is 1. The molecule has 6 heteroatoms. The fourth-order valence-corrected chi connectivity index (χ4v) is 3.55. The summed E-state index contributed by atoms with van der Waals surface area (Å²) in [6.07, 6.45) is 1.84. The maximum atomic E-state index is 6.10. The van der Waals surface area contributed by atoms with Gasteiger partial charge in [0.05, 0.1) is 30.6 Å². The molecule has 5 nitrogen and oxygen atoms in total. The van der Waals surface area contributed by atoms with Gasteiger partial charge in [-0.2, -0.15) is 0 Å². The summed E-state index contributed by atoms with van der Waals surface area (Å²) in [7, 11) is 0. The molecule has 0 aliphatic rings. The summed E-state index contributed by atoms with van der Waals surface area (Å²) in [5.74, 6) is 0.780. The van der Waals surface area contributed by atoms with Gasteiger partial charge in [0.1, 0.15) is 5.52 Å². The van der Waals surface area contributed by atoms with Gasteiger partial charge in [0.15, 0.2) is 5.82 Å². The quantitative estimate of drug-likeness (QED) is 0.527. The van der Waals surface area contributed by atoms with Gasteiger partial charge < -0.3 is 15.0 Å². The van der Waals surface area contributed by atoms with E-state index >= 15 is 0 Å². The first-order valence-electron chi connectivity index (χ1n) is 8.93. The first-order valence-corrected chi connectivity index (χ1v) is 9.31. The van der Waals surface area contributed by atoms with E-state index in [9.17, 15) is 0 Å². The van der Waals surface area contributed by atoms with Crippen LogP contribution in [0.4, 0.5) is 5.82 Å². The minimum Gasteiger partial charge on any atom is -0.382 e. The zero-order valence-electron chi connectivity index (χ0n) is 15.1. The number of aromatic nitrogens is 3. The number of anilines is 1. The average molecular weight is 381 g/mol. The fraction of sp³-hybridized carbons (Fsp3) is 0.238. The molecule has 0 unspecified atom stereocenters. The molecule has 138 valence electrons. The Bertz CT molecular complexity index is 1090. The number of nitrogens with zero attached hydrogens (tertiary/aromatic N) is 3. The van der Waals surface area contributed by atoms with Crippen LogP contribution in [0.25, 0.3) is 21.9 Å². The smallest absolute Gasteiger partial charge is 0.152 e. The van der Waals surface area contributed by atoms with Crippen LogP contribution in [0, 0.1) is 5.92 Å². The number of halogens is 1. The van der Waals surface area contributed by atoms with E-state index in [2.05, 4.69) is 27.5 Å². The molecule has 4 aromatic rings. The highest BCUT2D eigenvalue weighted by atomic mass is 35.5. The van der Waals surface area contributed by atoms with Crippen molar-refractivity contribution in [3.8, 4) is 0 Å². The topological polar surface area (TPSA) is 66.0 Å². The number of para-hydroxylation sites is 1. The molecule has 27 heavy (non-hydrogen) atoms. The Balaban J connectivity index is 1.50. The Morgan fingerprint density at radius 1 is 1.19 bits per heavy atom. The summed E-state index contributed by atoms with van der Waals surface area (Å²) in [6.45, 7) is 4.15. The Morgan fingerprint density at radius 3 is 2.89 bits per heavy atom. The van der Waals surface area contributed by atoms with Crippen molar-refractivity contribution in [2.24, 2.45) is 5.92 Å². The number of imidazole rings is 1. The first-order chi connectivity index (χ1) is 13.1. The summed E-state index contributed by atoms with van der Waals surface area (Å²) in [6, 6.07) is 15.7. The molecule has 4 rings (SSSR count). The molecule has 0 bridgehead atoms. The van der Waals surface area contributed by atoms with Gasteiger partial charge in [0.25, 0.3) is 0 Å². The number of nitrogen functional groups attached to an aromatic ring is 1. The van der Waals surface area contributed by atoms with Crippen molar-refractivity contribution < 1.29 is 4.74 Å². The van der Waals surface area contributed by atoms with Crippen molar-refractivity contribution in [1.29, 1.82) is 0 Å². The second kappa shape index (κ2) is 7.55. The largest absolute Gasteiger partial charge is 0.382 e. The third kappa shape index (κ3) is 3.75. The lowest BCUT2D eigenvalue weighted by atomic mass is 10.1. The van der Waals surface area contributed by atoms with Gasteiger partial charge in [-0.1, -0.05) is 48.9 Å². The van der Waals surface area contributed by atoms with Crippen molar-refractivity contribution in [2.45, 2.75) is 20.1 Å². The lowest BCUT2D eigenvalue weighted by Gasteiger charge is -2.14. The van der Waals surface area contributed by atoms with E-state index < -0.39 is 0 Å². The number of pyridine rings is 1. The number of ether oxygens (including phenoxy) is 1. The molecule has 1 atom stereocenters. The van der Waals surface area contributed by atoms with Gasteiger partial charge in [-0.05, 0) is 29.7 Å². The van der Waals surface area contributed by atoms with E-state index in [1.807, 2.05) is 48.8 Å². The number of nitrogens with two attached hydrogens (primary N) is 1. The molecule has 0 amide bonds. The molecular formula is C21H21ClN4O. The third-order valence-corrected chi connectivity index (χ3v) is 4.78. The van der Waals surface area contributed by atoms with E-state index in [-0.39, 0.29) is 0 Å². The molecule has 0 aliphatic carbocycles. The molecule has 0 spiro atoms. The molecule has 0 fully saturated rings. The van der Waals surface area contributed by atoms with Crippen LogP contribution in [0.3, 0.4) is 0 Å². The normalized spacial score (nSPS) is 12.7. The van der Waals surface area contributed by atoms with Gasteiger partial charge in [0, 0.05) is 17.0 Å². The average Bonchev–Trinajstić information content (AvgIpc) is 3.06. The van der Waals surface area contributed by atoms with E-state index in [1.165, 1.54) is 0 Å². The molecular weight excluding hydrogens is 360 g/mol. The van der Waals surface area contributed by atoms with Crippen molar-refractivity contribution in [3.63, 3.8) is 0 Å². The van der Waals surface area contributed by atoms with Crippen LogP contribution in [0.5, 0.6) is 0 Å². The molecule has 0 aliphatic heterocycles. The molecule has 2 N–H and O–H groups in total. The summed E-state index contributed by atoms with van der Waals surface area (Å²) < 4.78 is 8.02. The summed E-state index contributed by atoms with van der Waals surface area (Å²) >= 11 is 6.02. The fourth-order valence-electron chi connectivity index (χ4n) is 3.34. The van der Waals surface area contributed by atoms with Gasteiger partial charge in [-0.15, -0.1) is 0 Å². The predicted molar refractivity (Wildman–Crippen MR) is 110 cm³/mol. The predicted octanol–water partition coefficient (Wildman–Crippen LogP) is 4.67. The van der Waals surface area contributed by atoms with Crippen LogP contribution >= 0.6 is 11.6 Å². The highest BCUT2D eigenvalue weighted by molar-refractivity contribution is 6.30. The monoisotopic (exact) mass is 380 g/mol. The zero-order chi connectivity index (χ0) is 18.8. The lowest BCUT2D eigenvalue weighted by Crippen LogP contribution is -2.13. The molecule has 2 aromatic heterocycles. The van der Waals surface area contributed by atoms with Crippen LogP contribution in [0.1, 0.15) is 12.5 Å². The van der Waals surface area contributed by atoms with Gasteiger partial charge in [-0.25, -0.2) is 9.97 Å². The summed E-state index contributed by atoms with van der Waals surface area (Å²) in [4.78, 5) is 8.93. The number of fused-ring (bicyclic) bond motifs is 3. The highest BCUT2D eigenvalue weighted by Crippen LogP contribution is 2.27. The Labute approximate surface area is 162 Å². The summed E-state index contributed by atoms with van der Waals surface area (Å²) in [5, 5.41) is 1.79. The van der Waals surface area contributed by atoms with E-state index in [0.29, 0.717) is 24.9 Å². The van der Waals surface area contributed by atoms with Crippen LogP contribution in [0.15, 0.2) is 54.9 Å². The highest BCUT2D eigenvalue weighted by Gasteiger charge is 2.14. The van der Waals surface area contributed by atoms with E-state index in [0.717, 1.165) is 39.1 Å². The van der Waals surface area contributed by atoms with Gasteiger partial charge >= 0.3 is 0 Å². The number of benzene rings is 2. The Hall–Kier alpha value is -2.63. The second-order valence-corrected chi connectivity index (χ2v) is 7.29.